The Morgan fingerprint density at radius 2 is 1.70 bits per heavy atom. The molecule has 100 valence electrons. The smallest absolute Gasteiger partial charge is 0.139 e. The van der Waals surface area contributed by atoms with Crippen LogP contribution in [0.3, 0.4) is 0 Å². The van der Waals surface area contributed by atoms with E-state index in [1.165, 1.54) is 10.8 Å². The molecular weight excluding hydrogens is 248 g/mol. The average molecular weight is 264 g/mol. The predicted octanol–water partition coefficient (Wildman–Crippen LogP) is 3.57. The molecule has 0 saturated carbocycles. The van der Waals surface area contributed by atoms with Gasteiger partial charge in [0, 0.05) is 11.3 Å². The molecule has 3 aromatic rings. The van der Waals surface area contributed by atoms with Crippen LogP contribution in [-0.4, -0.2) is 9.97 Å². The van der Waals surface area contributed by atoms with Gasteiger partial charge in [-0.05, 0) is 36.8 Å². The number of aryl methyl sites for hydroxylation is 1. The second kappa shape index (κ2) is 4.81. The van der Waals surface area contributed by atoms with E-state index >= 15 is 0 Å². The molecule has 0 bridgehead atoms. The molecule has 2 aromatic carbocycles. The van der Waals surface area contributed by atoms with Crippen LogP contribution in [0.5, 0.6) is 0 Å². The van der Waals surface area contributed by atoms with Gasteiger partial charge in [0.05, 0.1) is 0 Å². The van der Waals surface area contributed by atoms with Crippen molar-refractivity contribution in [3.8, 4) is 0 Å². The van der Waals surface area contributed by atoms with Crippen molar-refractivity contribution in [2.24, 2.45) is 0 Å². The highest BCUT2D eigenvalue weighted by molar-refractivity contribution is 5.86. The van der Waals surface area contributed by atoms with Gasteiger partial charge in [-0.3, -0.25) is 0 Å². The summed E-state index contributed by atoms with van der Waals surface area (Å²) >= 11 is 0. The summed E-state index contributed by atoms with van der Waals surface area (Å²) in [6.07, 6.45) is 0. The minimum atomic E-state index is 0.515. The van der Waals surface area contributed by atoms with E-state index in [-0.39, 0.29) is 0 Å². The average Bonchev–Trinajstić information content (AvgIpc) is 2.44. The van der Waals surface area contributed by atoms with Crippen molar-refractivity contribution in [1.82, 2.24) is 9.97 Å². The maximum Gasteiger partial charge on any atom is 0.139 e. The molecule has 0 aliphatic carbocycles. The summed E-state index contributed by atoms with van der Waals surface area (Å²) in [5, 5.41) is 5.72. The summed E-state index contributed by atoms with van der Waals surface area (Å²) in [7, 11) is 0. The number of aromatic nitrogens is 2. The SMILES string of the molecule is Cc1nc(N)c(C)c(Nc2ccc3ccccc3c2)n1. The highest BCUT2D eigenvalue weighted by atomic mass is 15.1. The van der Waals surface area contributed by atoms with Crippen molar-refractivity contribution in [1.29, 1.82) is 0 Å². The van der Waals surface area contributed by atoms with Crippen LogP contribution in [0, 0.1) is 13.8 Å². The maximum absolute atomic E-state index is 5.87. The Morgan fingerprint density at radius 3 is 2.50 bits per heavy atom. The number of nitrogens with two attached hydrogens (primary N) is 1. The third kappa shape index (κ3) is 2.28. The van der Waals surface area contributed by atoms with Crippen LogP contribution in [0.15, 0.2) is 42.5 Å². The molecule has 0 unspecified atom stereocenters. The Hall–Kier alpha value is -2.62. The van der Waals surface area contributed by atoms with Gasteiger partial charge >= 0.3 is 0 Å². The topological polar surface area (TPSA) is 63.8 Å². The minimum Gasteiger partial charge on any atom is -0.383 e. The summed E-state index contributed by atoms with van der Waals surface area (Å²) in [5.74, 6) is 1.93. The third-order valence-electron chi connectivity index (χ3n) is 3.31. The molecule has 1 aromatic heterocycles. The number of anilines is 3. The third-order valence-corrected chi connectivity index (χ3v) is 3.31. The molecule has 0 aliphatic heterocycles. The van der Waals surface area contributed by atoms with Crippen LogP contribution in [0.1, 0.15) is 11.4 Å². The Kier molecular flexibility index (Phi) is 2.99. The molecule has 0 saturated heterocycles. The molecule has 0 amide bonds. The largest absolute Gasteiger partial charge is 0.383 e. The molecule has 20 heavy (non-hydrogen) atoms. The molecule has 1 heterocycles. The highest BCUT2D eigenvalue weighted by Gasteiger charge is 2.07. The van der Waals surface area contributed by atoms with E-state index in [2.05, 4.69) is 39.6 Å². The fourth-order valence-electron chi connectivity index (χ4n) is 2.18. The van der Waals surface area contributed by atoms with Gasteiger partial charge in [-0.25, -0.2) is 9.97 Å². The number of hydrogen-bond donors (Lipinski definition) is 2. The molecule has 0 radical (unpaired) electrons. The van der Waals surface area contributed by atoms with E-state index < -0.39 is 0 Å². The Balaban J connectivity index is 2.01. The van der Waals surface area contributed by atoms with Gasteiger partial charge in [0.15, 0.2) is 0 Å². The van der Waals surface area contributed by atoms with Gasteiger partial charge < -0.3 is 11.1 Å². The van der Waals surface area contributed by atoms with Crippen LogP contribution in [0.2, 0.25) is 0 Å². The van der Waals surface area contributed by atoms with Gasteiger partial charge in [-0.2, -0.15) is 0 Å². The van der Waals surface area contributed by atoms with E-state index in [0.29, 0.717) is 11.6 Å². The zero-order chi connectivity index (χ0) is 14.1. The van der Waals surface area contributed by atoms with E-state index in [1.54, 1.807) is 0 Å². The van der Waals surface area contributed by atoms with Crippen molar-refractivity contribution in [3.63, 3.8) is 0 Å². The number of nitrogens with zero attached hydrogens (tertiary/aromatic N) is 2. The van der Waals surface area contributed by atoms with Gasteiger partial charge in [0.2, 0.25) is 0 Å². The number of hydrogen-bond acceptors (Lipinski definition) is 4. The number of nitrogen functional groups attached to an aromatic ring is 1. The summed E-state index contributed by atoms with van der Waals surface area (Å²) in [6, 6.07) is 14.5. The molecule has 0 spiro atoms. The first-order valence-electron chi connectivity index (χ1n) is 6.50. The zero-order valence-electron chi connectivity index (χ0n) is 11.5. The second-order valence-electron chi connectivity index (χ2n) is 4.82. The highest BCUT2D eigenvalue weighted by Crippen LogP contribution is 2.24. The molecule has 3 N–H and O–H groups in total. The van der Waals surface area contributed by atoms with Gasteiger partial charge in [0.1, 0.15) is 17.5 Å². The Morgan fingerprint density at radius 1 is 0.950 bits per heavy atom. The minimum absolute atomic E-state index is 0.515. The van der Waals surface area contributed by atoms with Crippen molar-refractivity contribution in [2.75, 3.05) is 11.1 Å². The first-order chi connectivity index (χ1) is 9.63. The summed E-state index contributed by atoms with van der Waals surface area (Å²) < 4.78 is 0. The van der Waals surface area contributed by atoms with Crippen LogP contribution in [0.4, 0.5) is 17.3 Å². The number of fused-ring (bicyclic) bond motifs is 1. The maximum atomic E-state index is 5.87. The normalized spacial score (nSPS) is 10.7. The molecule has 4 nitrogen and oxygen atoms in total. The Bertz CT molecular complexity index is 781. The molecular formula is C16H16N4. The van der Waals surface area contributed by atoms with Crippen LogP contribution in [0.25, 0.3) is 10.8 Å². The lowest BCUT2D eigenvalue weighted by atomic mass is 10.1. The standard InChI is InChI=1S/C16H16N4/c1-10-15(17)18-11(2)19-16(10)20-14-8-7-12-5-3-4-6-13(12)9-14/h3-9H,1-2H3,(H3,17,18,19,20). The lowest BCUT2D eigenvalue weighted by molar-refractivity contribution is 1.04. The number of rotatable bonds is 2. The number of nitrogens with one attached hydrogen (secondary N) is 1. The van der Waals surface area contributed by atoms with Crippen LogP contribution in [-0.2, 0) is 0 Å². The summed E-state index contributed by atoms with van der Waals surface area (Å²) in [6.45, 7) is 3.75. The van der Waals surface area contributed by atoms with E-state index in [4.69, 9.17) is 5.73 Å². The number of benzene rings is 2. The monoisotopic (exact) mass is 264 g/mol. The Labute approximate surface area is 117 Å². The fourth-order valence-corrected chi connectivity index (χ4v) is 2.18. The van der Waals surface area contributed by atoms with E-state index in [0.717, 1.165) is 17.1 Å². The van der Waals surface area contributed by atoms with Gasteiger partial charge in [-0.15, -0.1) is 0 Å². The second-order valence-corrected chi connectivity index (χ2v) is 4.82. The molecule has 3 rings (SSSR count). The predicted molar refractivity (Wildman–Crippen MR) is 83.1 cm³/mol. The molecule has 4 heteroatoms. The van der Waals surface area contributed by atoms with Gasteiger partial charge in [-0.1, -0.05) is 30.3 Å². The quantitative estimate of drug-likeness (QED) is 0.742. The van der Waals surface area contributed by atoms with Crippen molar-refractivity contribution < 1.29 is 0 Å². The molecule has 0 fully saturated rings. The van der Waals surface area contributed by atoms with Crippen molar-refractivity contribution in [2.45, 2.75) is 13.8 Å². The first-order valence-corrected chi connectivity index (χ1v) is 6.50. The first kappa shape index (κ1) is 12.4. The lowest BCUT2D eigenvalue weighted by Gasteiger charge is -2.11. The summed E-state index contributed by atoms with van der Waals surface area (Å²) in [4.78, 5) is 8.56. The van der Waals surface area contributed by atoms with Gasteiger partial charge in [0.25, 0.3) is 0 Å². The van der Waals surface area contributed by atoms with E-state index in [1.807, 2.05) is 32.0 Å². The molecule has 0 atom stereocenters. The van der Waals surface area contributed by atoms with E-state index in [9.17, 15) is 0 Å². The fraction of sp³-hybridized carbons (Fsp3) is 0.125. The van der Waals surface area contributed by atoms with Crippen molar-refractivity contribution >= 4 is 28.1 Å². The van der Waals surface area contributed by atoms with Crippen molar-refractivity contribution in [3.05, 3.63) is 53.9 Å². The lowest BCUT2D eigenvalue weighted by Crippen LogP contribution is -2.04. The van der Waals surface area contributed by atoms with Crippen LogP contribution < -0.4 is 11.1 Å². The van der Waals surface area contributed by atoms with Crippen LogP contribution >= 0.6 is 0 Å². The molecule has 0 aliphatic rings. The summed E-state index contributed by atoms with van der Waals surface area (Å²) in [5.41, 5.74) is 7.73. The zero-order valence-corrected chi connectivity index (χ0v) is 11.5.